The number of hydrogen-bond acceptors (Lipinski definition) is 6. The number of hydrogen-bond donors (Lipinski definition) is 0. The van der Waals surface area contributed by atoms with Gasteiger partial charge in [-0.15, -0.1) is 0 Å². The van der Waals surface area contributed by atoms with Gasteiger partial charge >= 0.3 is 17.9 Å². The minimum absolute atomic E-state index is 0.0862. The Kier molecular flexibility index (Phi) is 64.3. The molecular formula is C74H126O6. The van der Waals surface area contributed by atoms with E-state index in [2.05, 4.69) is 130 Å². The Hall–Kier alpha value is -3.93. The predicted molar refractivity (Wildman–Crippen MR) is 348 cm³/mol. The first kappa shape index (κ1) is 76.1. The number of rotatable bonds is 61. The third-order valence-corrected chi connectivity index (χ3v) is 14.5. The van der Waals surface area contributed by atoms with Crippen molar-refractivity contribution in [1.29, 1.82) is 0 Å². The van der Waals surface area contributed by atoms with Gasteiger partial charge < -0.3 is 14.2 Å². The summed E-state index contributed by atoms with van der Waals surface area (Å²) in [4.78, 5) is 38.3. The lowest BCUT2D eigenvalue weighted by atomic mass is 10.0. The van der Waals surface area contributed by atoms with Crippen molar-refractivity contribution in [2.75, 3.05) is 13.2 Å². The van der Waals surface area contributed by atoms with Crippen LogP contribution in [0.15, 0.2) is 109 Å². The molecule has 458 valence electrons. The molecule has 0 aliphatic carbocycles. The Morgan fingerprint density at radius 3 is 0.812 bits per heavy atom. The summed E-state index contributed by atoms with van der Waals surface area (Å²) in [5, 5.41) is 0. The van der Waals surface area contributed by atoms with E-state index in [1.807, 2.05) is 0 Å². The predicted octanol–water partition coefficient (Wildman–Crippen LogP) is 23.4. The topological polar surface area (TPSA) is 78.9 Å². The second-order valence-electron chi connectivity index (χ2n) is 22.3. The highest BCUT2D eigenvalue weighted by molar-refractivity contribution is 5.71. The smallest absolute Gasteiger partial charge is 0.306 e. The normalized spacial score (nSPS) is 12.8. The van der Waals surface area contributed by atoms with Crippen LogP contribution in [0.25, 0.3) is 0 Å². The van der Waals surface area contributed by atoms with Crippen LogP contribution in [0.4, 0.5) is 0 Å². The summed E-state index contributed by atoms with van der Waals surface area (Å²) in [6, 6.07) is 0. The van der Waals surface area contributed by atoms with Crippen LogP contribution in [-0.2, 0) is 28.6 Å². The maximum atomic E-state index is 12.9. The molecule has 0 aromatic heterocycles. The van der Waals surface area contributed by atoms with Crippen molar-refractivity contribution < 1.29 is 28.6 Å². The molecule has 0 bridgehead atoms. The Balaban J connectivity index is 4.18. The largest absolute Gasteiger partial charge is 0.462 e. The second-order valence-corrected chi connectivity index (χ2v) is 22.3. The fourth-order valence-corrected chi connectivity index (χ4v) is 9.42. The van der Waals surface area contributed by atoms with Crippen LogP contribution in [0.3, 0.4) is 0 Å². The summed E-state index contributed by atoms with van der Waals surface area (Å²) < 4.78 is 16.9. The maximum absolute atomic E-state index is 12.9. The van der Waals surface area contributed by atoms with Crippen molar-refractivity contribution in [3.8, 4) is 0 Å². The molecule has 6 heteroatoms. The average molecular weight is 1110 g/mol. The van der Waals surface area contributed by atoms with E-state index in [-0.39, 0.29) is 31.1 Å². The molecule has 0 aromatic carbocycles. The average Bonchev–Trinajstić information content (AvgIpc) is 3.46. The van der Waals surface area contributed by atoms with Crippen molar-refractivity contribution in [3.63, 3.8) is 0 Å². The highest BCUT2D eigenvalue weighted by Gasteiger charge is 2.19. The van der Waals surface area contributed by atoms with Gasteiger partial charge in [-0.1, -0.05) is 291 Å². The van der Waals surface area contributed by atoms with Gasteiger partial charge in [-0.3, -0.25) is 14.4 Å². The molecule has 0 aliphatic rings. The zero-order valence-corrected chi connectivity index (χ0v) is 52.6. The third-order valence-electron chi connectivity index (χ3n) is 14.5. The second kappa shape index (κ2) is 67.6. The van der Waals surface area contributed by atoms with Gasteiger partial charge in [-0.2, -0.15) is 0 Å². The number of allylic oxidation sites excluding steroid dienone is 18. The summed E-state index contributed by atoms with van der Waals surface area (Å²) in [5.41, 5.74) is 0. The van der Waals surface area contributed by atoms with Gasteiger partial charge in [0.25, 0.3) is 0 Å². The lowest BCUT2D eigenvalue weighted by Crippen LogP contribution is -2.30. The lowest BCUT2D eigenvalue weighted by Gasteiger charge is -2.18. The molecule has 0 heterocycles. The zero-order chi connectivity index (χ0) is 57.8. The third kappa shape index (κ3) is 64.9. The van der Waals surface area contributed by atoms with Crippen LogP contribution in [-0.4, -0.2) is 37.2 Å². The van der Waals surface area contributed by atoms with Crippen LogP contribution in [0.5, 0.6) is 0 Å². The van der Waals surface area contributed by atoms with E-state index in [0.717, 1.165) is 148 Å². The van der Waals surface area contributed by atoms with Gasteiger partial charge in [-0.05, 0) is 122 Å². The number of ether oxygens (including phenoxy) is 3. The highest BCUT2D eigenvalue weighted by atomic mass is 16.6. The monoisotopic (exact) mass is 1110 g/mol. The van der Waals surface area contributed by atoms with E-state index < -0.39 is 6.10 Å². The molecule has 0 saturated carbocycles. The van der Waals surface area contributed by atoms with Gasteiger partial charge in [0.15, 0.2) is 6.10 Å². The quantitative estimate of drug-likeness (QED) is 0.0261. The van der Waals surface area contributed by atoms with Crippen LogP contribution in [0.1, 0.15) is 323 Å². The number of carbonyl (C=O) groups is 3. The van der Waals surface area contributed by atoms with Crippen LogP contribution in [0, 0.1) is 0 Å². The maximum Gasteiger partial charge on any atom is 0.306 e. The molecular weight excluding hydrogens is 985 g/mol. The van der Waals surface area contributed by atoms with E-state index in [1.54, 1.807) is 0 Å². The molecule has 0 amide bonds. The Morgan fingerprint density at radius 1 is 0.263 bits per heavy atom. The molecule has 0 aromatic rings. The summed E-state index contributed by atoms with van der Waals surface area (Å²) >= 11 is 0. The van der Waals surface area contributed by atoms with Gasteiger partial charge in [0.05, 0.1) is 0 Å². The number of carbonyl (C=O) groups excluding carboxylic acids is 3. The van der Waals surface area contributed by atoms with Crippen molar-refractivity contribution in [2.24, 2.45) is 0 Å². The highest BCUT2D eigenvalue weighted by Crippen LogP contribution is 2.17. The van der Waals surface area contributed by atoms with Crippen LogP contribution >= 0.6 is 0 Å². The molecule has 1 atom stereocenters. The summed E-state index contributed by atoms with van der Waals surface area (Å²) in [6.45, 7) is 6.44. The molecule has 0 N–H and O–H groups in total. The van der Waals surface area contributed by atoms with Gasteiger partial charge in [0.1, 0.15) is 13.2 Å². The van der Waals surface area contributed by atoms with E-state index in [1.165, 1.54) is 135 Å². The molecule has 0 rings (SSSR count). The first-order chi connectivity index (χ1) is 39.5. The first-order valence-electron chi connectivity index (χ1n) is 33.9. The molecule has 0 fully saturated rings. The van der Waals surface area contributed by atoms with E-state index in [0.29, 0.717) is 19.3 Å². The fraction of sp³-hybridized carbons (Fsp3) is 0.716. The first-order valence-corrected chi connectivity index (χ1v) is 33.9. The van der Waals surface area contributed by atoms with E-state index in [9.17, 15) is 14.4 Å². The van der Waals surface area contributed by atoms with Crippen molar-refractivity contribution >= 4 is 17.9 Å². The molecule has 80 heavy (non-hydrogen) atoms. The van der Waals surface area contributed by atoms with Gasteiger partial charge in [0.2, 0.25) is 0 Å². The number of esters is 3. The fourth-order valence-electron chi connectivity index (χ4n) is 9.42. The molecule has 0 aliphatic heterocycles. The van der Waals surface area contributed by atoms with E-state index >= 15 is 0 Å². The van der Waals surface area contributed by atoms with Crippen LogP contribution in [0.2, 0.25) is 0 Å². The lowest BCUT2D eigenvalue weighted by molar-refractivity contribution is -0.167. The standard InChI is InChI=1S/C74H126O6/c1-4-7-10-13-16-19-22-25-27-29-30-31-32-33-34-35-36-37-38-39-40-41-42-43-44-45-47-49-52-55-58-61-64-67-73(76)79-70-71(69-78-72(75)66-63-60-57-54-51-48-24-21-18-15-12-9-6-3)80-74(77)68-65-62-59-56-53-50-46-28-26-23-20-17-14-11-8-5-2/h7,10,12,15-16,19-21,23-25,27-28,30-31,33-34,46,71H,4-6,8-9,11,13-14,17-18,22,26,29,32,35-45,47-70H2,1-3H3/b10-7-,15-12-,19-16-,23-20-,24-21-,27-25-,31-30-,34-33-,46-28-. The molecule has 0 saturated heterocycles. The molecule has 6 nitrogen and oxygen atoms in total. The van der Waals surface area contributed by atoms with Crippen molar-refractivity contribution in [3.05, 3.63) is 109 Å². The van der Waals surface area contributed by atoms with Crippen LogP contribution < -0.4 is 0 Å². The van der Waals surface area contributed by atoms with Crippen molar-refractivity contribution in [2.45, 2.75) is 329 Å². The Morgan fingerprint density at radius 2 is 0.512 bits per heavy atom. The summed E-state index contributed by atoms with van der Waals surface area (Å²) in [7, 11) is 0. The van der Waals surface area contributed by atoms with Gasteiger partial charge in [-0.25, -0.2) is 0 Å². The van der Waals surface area contributed by atoms with E-state index in [4.69, 9.17) is 14.2 Å². The molecule has 1 unspecified atom stereocenters. The zero-order valence-electron chi connectivity index (χ0n) is 52.6. The Bertz CT molecular complexity index is 1610. The summed E-state index contributed by atoms with van der Waals surface area (Å²) in [5.74, 6) is -0.904. The van der Waals surface area contributed by atoms with Crippen molar-refractivity contribution in [1.82, 2.24) is 0 Å². The van der Waals surface area contributed by atoms with Gasteiger partial charge in [0, 0.05) is 19.3 Å². The summed E-state index contributed by atoms with van der Waals surface area (Å²) in [6.07, 6.45) is 92.6. The Labute approximate surface area is 495 Å². The number of unbranched alkanes of at least 4 members (excludes halogenated alkanes) is 32. The minimum atomic E-state index is -0.791. The molecule has 0 radical (unpaired) electrons. The minimum Gasteiger partial charge on any atom is -0.462 e. The molecule has 0 spiro atoms. The SMILES string of the molecule is CC/C=C\C/C=C\C/C=C\C/C=C\C/C=C\CCCCCCCCCCCCCCCCCCCC(=O)OCC(COC(=O)CCCCCCC/C=C\C/C=C\CCC)OC(=O)CCCCCCC/C=C\C/C=C\CCCCCC.